The number of anilines is 1. The molecule has 1 aliphatic rings. The lowest BCUT2D eigenvalue weighted by molar-refractivity contribution is 0.0746. The maximum atomic E-state index is 12.7. The van der Waals surface area contributed by atoms with Crippen molar-refractivity contribution in [1.82, 2.24) is 24.5 Å². The van der Waals surface area contributed by atoms with Gasteiger partial charge in [-0.05, 0) is 31.2 Å². The van der Waals surface area contributed by atoms with E-state index >= 15 is 0 Å². The van der Waals surface area contributed by atoms with Gasteiger partial charge in [-0.15, -0.1) is 10.2 Å². The van der Waals surface area contributed by atoms with Gasteiger partial charge in [-0.25, -0.2) is 0 Å². The summed E-state index contributed by atoms with van der Waals surface area (Å²) in [6, 6.07) is 10.9. The molecule has 0 aliphatic carbocycles. The van der Waals surface area contributed by atoms with Gasteiger partial charge in [0.2, 0.25) is 0 Å². The molecule has 8 heteroatoms. The number of aryl methyl sites for hydroxylation is 2. The van der Waals surface area contributed by atoms with Crippen molar-refractivity contribution in [2.45, 2.75) is 20.3 Å². The van der Waals surface area contributed by atoms with Crippen LogP contribution < -0.4 is 4.90 Å². The van der Waals surface area contributed by atoms with Crippen molar-refractivity contribution < 1.29 is 4.79 Å². The first-order valence-electron chi connectivity index (χ1n) is 9.36. The van der Waals surface area contributed by atoms with Crippen molar-refractivity contribution in [2.24, 2.45) is 0 Å². The van der Waals surface area contributed by atoms with E-state index in [1.807, 2.05) is 29.2 Å². The average Bonchev–Trinajstić information content (AvgIpc) is 3.17. The molecule has 4 rings (SSSR count). The second-order valence-corrected chi connectivity index (χ2v) is 6.83. The van der Waals surface area contributed by atoms with Gasteiger partial charge in [-0.1, -0.05) is 6.92 Å². The lowest BCUT2D eigenvalue weighted by Crippen LogP contribution is -2.49. The summed E-state index contributed by atoms with van der Waals surface area (Å²) in [4.78, 5) is 21.4. The third kappa shape index (κ3) is 3.16. The topological polar surface area (TPSA) is 90.4 Å². The first kappa shape index (κ1) is 17.9. The second kappa shape index (κ2) is 7.27. The fourth-order valence-corrected chi connectivity index (χ4v) is 3.53. The van der Waals surface area contributed by atoms with E-state index in [0.717, 1.165) is 23.8 Å². The molecule has 0 N–H and O–H groups in total. The number of piperazine rings is 1. The number of carbonyl (C=O) groups excluding carboxylic acids is 1. The highest BCUT2D eigenvalue weighted by Gasteiger charge is 2.23. The van der Waals surface area contributed by atoms with Crippen LogP contribution in [0.1, 0.15) is 34.4 Å². The van der Waals surface area contributed by atoms with Crippen LogP contribution >= 0.6 is 0 Å². The van der Waals surface area contributed by atoms with Crippen LogP contribution in [0.4, 0.5) is 5.82 Å². The molecule has 3 aromatic rings. The molecule has 8 nitrogen and oxygen atoms in total. The van der Waals surface area contributed by atoms with E-state index in [1.54, 1.807) is 24.3 Å². The lowest BCUT2D eigenvalue weighted by Gasteiger charge is -2.35. The molecule has 2 aromatic heterocycles. The smallest absolute Gasteiger partial charge is 0.257 e. The van der Waals surface area contributed by atoms with Gasteiger partial charge in [0.1, 0.15) is 11.6 Å². The lowest BCUT2D eigenvalue weighted by atomic mass is 10.1. The first-order chi connectivity index (χ1) is 13.6. The third-order valence-electron chi connectivity index (χ3n) is 5.09. The molecule has 0 bridgehead atoms. The van der Waals surface area contributed by atoms with E-state index in [9.17, 15) is 4.79 Å². The molecule has 1 saturated heterocycles. The summed E-state index contributed by atoms with van der Waals surface area (Å²) >= 11 is 0. The number of fused-ring (bicyclic) bond motifs is 1. The van der Waals surface area contributed by atoms with Crippen LogP contribution in [-0.2, 0) is 6.42 Å². The van der Waals surface area contributed by atoms with Gasteiger partial charge < -0.3 is 9.80 Å². The van der Waals surface area contributed by atoms with Gasteiger partial charge in [-0.3, -0.25) is 9.20 Å². The van der Waals surface area contributed by atoms with Gasteiger partial charge in [0.15, 0.2) is 0 Å². The summed E-state index contributed by atoms with van der Waals surface area (Å²) in [5.41, 5.74) is 2.22. The number of hydrogen-bond donors (Lipinski definition) is 0. The Morgan fingerprint density at radius 2 is 1.86 bits per heavy atom. The Balaban J connectivity index is 1.47. The molecule has 1 amide bonds. The molecular formula is C20H21N7O. The minimum absolute atomic E-state index is 0.00576. The highest BCUT2D eigenvalue weighted by atomic mass is 16.2. The number of benzene rings is 1. The number of nitriles is 1. The van der Waals surface area contributed by atoms with Crippen molar-refractivity contribution in [3.8, 4) is 6.07 Å². The molecule has 142 valence electrons. The predicted octanol–water partition coefficient (Wildman–Crippen LogP) is 1.83. The number of carbonyl (C=O) groups is 1. The molecule has 1 aliphatic heterocycles. The maximum Gasteiger partial charge on any atom is 0.257 e. The van der Waals surface area contributed by atoms with Crippen LogP contribution in [-0.4, -0.2) is 56.6 Å². The maximum absolute atomic E-state index is 12.7. The molecule has 1 fully saturated rings. The molecule has 0 radical (unpaired) electrons. The SMILES string of the molecule is CCc1nnc2nc(N3CCN(C(=O)c4ccc(C#N)cc4)CC3)cc(C)n12. The molecule has 0 atom stereocenters. The highest BCUT2D eigenvalue weighted by molar-refractivity contribution is 5.94. The monoisotopic (exact) mass is 375 g/mol. The van der Waals surface area contributed by atoms with Crippen LogP contribution in [0.15, 0.2) is 30.3 Å². The summed E-state index contributed by atoms with van der Waals surface area (Å²) < 4.78 is 1.98. The highest BCUT2D eigenvalue weighted by Crippen LogP contribution is 2.19. The third-order valence-corrected chi connectivity index (χ3v) is 5.09. The zero-order valence-corrected chi connectivity index (χ0v) is 16.0. The van der Waals surface area contributed by atoms with Crippen molar-refractivity contribution in [1.29, 1.82) is 5.26 Å². The second-order valence-electron chi connectivity index (χ2n) is 6.83. The Morgan fingerprint density at radius 3 is 2.50 bits per heavy atom. The van der Waals surface area contributed by atoms with E-state index in [4.69, 9.17) is 5.26 Å². The molecule has 0 saturated carbocycles. The normalized spacial score (nSPS) is 14.3. The number of hydrogen-bond acceptors (Lipinski definition) is 6. The summed E-state index contributed by atoms with van der Waals surface area (Å²) in [7, 11) is 0. The fourth-order valence-electron chi connectivity index (χ4n) is 3.53. The zero-order valence-electron chi connectivity index (χ0n) is 16.0. The van der Waals surface area contributed by atoms with Gasteiger partial charge >= 0.3 is 0 Å². The standard InChI is InChI=1S/C20H21N7O/c1-3-17-23-24-20-22-18(12-14(2)27(17)20)25-8-10-26(11-9-25)19(28)16-6-4-15(13-21)5-7-16/h4-7,12H,3,8-11H2,1-2H3. The van der Waals surface area contributed by atoms with Crippen molar-refractivity contribution in [3.05, 3.63) is 53.0 Å². The van der Waals surface area contributed by atoms with Crippen LogP contribution in [0.3, 0.4) is 0 Å². The molecule has 3 heterocycles. The zero-order chi connectivity index (χ0) is 19.7. The number of nitrogens with zero attached hydrogens (tertiary/aromatic N) is 7. The Kier molecular flexibility index (Phi) is 4.65. The average molecular weight is 375 g/mol. The Morgan fingerprint density at radius 1 is 1.14 bits per heavy atom. The summed E-state index contributed by atoms with van der Waals surface area (Å²) in [6.45, 7) is 6.74. The van der Waals surface area contributed by atoms with E-state index < -0.39 is 0 Å². The van der Waals surface area contributed by atoms with Crippen LogP contribution in [0.5, 0.6) is 0 Å². The van der Waals surface area contributed by atoms with Crippen molar-refractivity contribution in [2.75, 3.05) is 31.1 Å². The molecule has 1 aromatic carbocycles. The van der Waals surface area contributed by atoms with Crippen LogP contribution in [0, 0.1) is 18.3 Å². The minimum atomic E-state index is -0.00576. The molecule has 28 heavy (non-hydrogen) atoms. The van der Waals surface area contributed by atoms with Crippen LogP contribution in [0.25, 0.3) is 5.78 Å². The Hall–Kier alpha value is -3.47. The summed E-state index contributed by atoms with van der Waals surface area (Å²) in [5, 5.41) is 17.3. The van der Waals surface area contributed by atoms with Crippen LogP contribution in [0.2, 0.25) is 0 Å². The van der Waals surface area contributed by atoms with Crippen molar-refractivity contribution >= 4 is 17.5 Å². The Bertz CT molecular complexity index is 1060. The number of aromatic nitrogens is 4. The summed E-state index contributed by atoms with van der Waals surface area (Å²) in [5.74, 6) is 2.38. The Labute approximate surface area is 163 Å². The van der Waals surface area contributed by atoms with Gasteiger partial charge in [0.25, 0.3) is 11.7 Å². The van der Waals surface area contributed by atoms with E-state index in [2.05, 4.69) is 26.2 Å². The summed E-state index contributed by atoms with van der Waals surface area (Å²) in [6.07, 6.45) is 0.805. The first-order valence-corrected chi connectivity index (χ1v) is 9.36. The molecule has 0 unspecified atom stereocenters. The fraction of sp³-hybridized carbons (Fsp3) is 0.350. The quantitative estimate of drug-likeness (QED) is 0.694. The van der Waals surface area contributed by atoms with Crippen molar-refractivity contribution in [3.63, 3.8) is 0 Å². The minimum Gasteiger partial charge on any atom is -0.353 e. The van der Waals surface area contributed by atoms with E-state index in [0.29, 0.717) is 43.1 Å². The van der Waals surface area contributed by atoms with Gasteiger partial charge in [-0.2, -0.15) is 10.2 Å². The van der Waals surface area contributed by atoms with Gasteiger partial charge in [0, 0.05) is 49.9 Å². The number of amides is 1. The number of rotatable bonds is 3. The van der Waals surface area contributed by atoms with E-state index in [-0.39, 0.29) is 5.91 Å². The van der Waals surface area contributed by atoms with Gasteiger partial charge in [0.05, 0.1) is 11.6 Å². The molecular weight excluding hydrogens is 354 g/mol. The predicted molar refractivity (Wildman–Crippen MR) is 104 cm³/mol. The molecule has 0 spiro atoms. The van der Waals surface area contributed by atoms with E-state index in [1.165, 1.54) is 0 Å². The largest absolute Gasteiger partial charge is 0.353 e.